The lowest BCUT2D eigenvalue weighted by Crippen LogP contribution is -2.14. The smallest absolute Gasteiger partial charge is 0.254 e. The van der Waals surface area contributed by atoms with Gasteiger partial charge in [-0.2, -0.15) is 14.8 Å². The van der Waals surface area contributed by atoms with E-state index in [9.17, 15) is 4.79 Å². The highest BCUT2D eigenvalue weighted by atomic mass is 16.5. The zero-order valence-corrected chi connectivity index (χ0v) is 14.1. The van der Waals surface area contributed by atoms with Crippen molar-refractivity contribution < 1.29 is 9.53 Å². The minimum Gasteiger partial charge on any atom is -0.439 e. The quantitative estimate of drug-likeness (QED) is 0.751. The summed E-state index contributed by atoms with van der Waals surface area (Å²) in [7, 11) is 0. The van der Waals surface area contributed by atoms with Gasteiger partial charge in [0.15, 0.2) is 5.82 Å². The zero-order chi connectivity index (χ0) is 18.1. The van der Waals surface area contributed by atoms with Crippen molar-refractivity contribution in [3.8, 4) is 17.4 Å². The Morgan fingerprint density at radius 2 is 1.92 bits per heavy atom. The third-order valence-electron chi connectivity index (χ3n) is 3.65. The Labute approximate surface area is 144 Å². The summed E-state index contributed by atoms with van der Waals surface area (Å²) in [5, 5.41) is 4.07. The first-order chi connectivity index (χ1) is 11.8. The van der Waals surface area contributed by atoms with E-state index in [-0.39, 0.29) is 11.4 Å². The van der Waals surface area contributed by atoms with Crippen molar-refractivity contribution in [2.75, 3.05) is 5.73 Å². The van der Waals surface area contributed by atoms with Crippen LogP contribution in [-0.4, -0.2) is 25.7 Å². The van der Waals surface area contributed by atoms with Crippen LogP contribution in [-0.2, 0) is 0 Å². The number of hydrogen-bond acceptors (Lipinski definition) is 6. The Kier molecular flexibility index (Phi) is 4.10. The van der Waals surface area contributed by atoms with Crippen LogP contribution in [0.15, 0.2) is 30.5 Å². The number of amides is 1. The molecule has 0 atom stereocenters. The molecule has 1 aromatic carbocycles. The highest BCUT2D eigenvalue weighted by Gasteiger charge is 2.16. The number of rotatable bonds is 4. The lowest BCUT2D eigenvalue weighted by atomic mass is 10.1. The average Bonchev–Trinajstić information content (AvgIpc) is 2.92. The number of primary amides is 1. The molecule has 8 heteroatoms. The maximum absolute atomic E-state index is 11.3. The average molecular weight is 338 g/mol. The molecule has 0 aliphatic heterocycles. The van der Waals surface area contributed by atoms with Gasteiger partial charge in [0, 0.05) is 6.07 Å². The largest absolute Gasteiger partial charge is 0.439 e. The second-order valence-corrected chi connectivity index (χ2v) is 5.70. The van der Waals surface area contributed by atoms with Gasteiger partial charge < -0.3 is 16.2 Å². The summed E-state index contributed by atoms with van der Waals surface area (Å²) in [5.41, 5.74) is 13.4. The molecule has 0 radical (unpaired) electrons. The molecule has 25 heavy (non-hydrogen) atoms. The summed E-state index contributed by atoms with van der Waals surface area (Å²) in [6.45, 7) is 5.67. The maximum atomic E-state index is 11.3. The number of nitrogen functional groups attached to an aromatic ring is 1. The van der Waals surface area contributed by atoms with Crippen LogP contribution in [0.1, 0.15) is 27.3 Å². The van der Waals surface area contributed by atoms with Crippen LogP contribution in [0.2, 0.25) is 0 Å². The van der Waals surface area contributed by atoms with Crippen LogP contribution in [0.3, 0.4) is 0 Å². The third-order valence-corrected chi connectivity index (χ3v) is 3.65. The minimum atomic E-state index is -0.651. The molecule has 4 N–H and O–H groups in total. The van der Waals surface area contributed by atoms with Crippen LogP contribution < -0.4 is 16.2 Å². The van der Waals surface area contributed by atoms with Crippen LogP contribution in [0.25, 0.3) is 5.82 Å². The Morgan fingerprint density at radius 1 is 1.16 bits per heavy atom. The fraction of sp³-hybridized carbons (Fsp3) is 0.176. The van der Waals surface area contributed by atoms with E-state index in [0.717, 1.165) is 11.1 Å². The van der Waals surface area contributed by atoms with Gasteiger partial charge in [-0.25, -0.2) is 4.98 Å². The van der Waals surface area contributed by atoms with E-state index in [1.54, 1.807) is 13.0 Å². The molecule has 0 aliphatic carbocycles. The molecule has 0 fully saturated rings. The van der Waals surface area contributed by atoms with Crippen molar-refractivity contribution in [2.45, 2.75) is 20.8 Å². The van der Waals surface area contributed by atoms with Gasteiger partial charge in [0.05, 0.1) is 6.20 Å². The monoisotopic (exact) mass is 338 g/mol. The van der Waals surface area contributed by atoms with Crippen LogP contribution >= 0.6 is 0 Å². The van der Waals surface area contributed by atoms with Crippen molar-refractivity contribution in [1.29, 1.82) is 0 Å². The molecule has 2 aromatic heterocycles. The maximum Gasteiger partial charge on any atom is 0.254 e. The van der Waals surface area contributed by atoms with E-state index in [0.29, 0.717) is 23.3 Å². The molecule has 0 aliphatic rings. The molecule has 0 saturated carbocycles. The molecule has 0 spiro atoms. The highest BCUT2D eigenvalue weighted by molar-refractivity contribution is 5.97. The van der Waals surface area contributed by atoms with E-state index in [4.69, 9.17) is 16.2 Å². The lowest BCUT2D eigenvalue weighted by molar-refractivity contribution is 0.100. The van der Waals surface area contributed by atoms with Gasteiger partial charge in [-0.05, 0) is 38.0 Å². The normalized spacial score (nSPS) is 10.7. The van der Waals surface area contributed by atoms with Gasteiger partial charge >= 0.3 is 0 Å². The number of ether oxygens (including phenoxy) is 1. The predicted octanol–water partition coefficient (Wildman–Crippen LogP) is 2.06. The number of aromatic nitrogens is 4. The number of anilines is 1. The van der Waals surface area contributed by atoms with E-state index in [2.05, 4.69) is 15.1 Å². The standard InChI is InChI=1S/C17H18N6O2/c1-9-4-5-10(2)13(6-9)25-15-7-14(21-11(3)22-15)23-16(18)12(8-20-23)17(19)24/h4-8H,18H2,1-3H3,(H2,19,24). The van der Waals surface area contributed by atoms with Gasteiger partial charge in [-0.15, -0.1) is 0 Å². The molecule has 0 saturated heterocycles. The number of nitrogens with two attached hydrogens (primary N) is 2. The number of carbonyl (C=O) groups excluding carboxylic acids is 1. The van der Waals surface area contributed by atoms with Crippen LogP contribution in [0, 0.1) is 20.8 Å². The second-order valence-electron chi connectivity index (χ2n) is 5.70. The van der Waals surface area contributed by atoms with Crippen LogP contribution in [0.4, 0.5) is 5.82 Å². The third kappa shape index (κ3) is 3.27. The summed E-state index contributed by atoms with van der Waals surface area (Å²) < 4.78 is 7.23. The SMILES string of the molecule is Cc1ccc(C)c(Oc2cc(-n3ncc(C(N)=O)c3N)nc(C)n2)c1. The van der Waals surface area contributed by atoms with Gasteiger partial charge in [0.1, 0.15) is 23.0 Å². The summed E-state index contributed by atoms with van der Waals surface area (Å²) in [6, 6.07) is 7.52. The van der Waals surface area contributed by atoms with E-state index in [1.807, 2.05) is 32.0 Å². The zero-order valence-electron chi connectivity index (χ0n) is 14.1. The first-order valence-corrected chi connectivity index (χ1v) is 7.59. The van der Waals surface area contributed by atoms with E-state index < -0.39 is 5.91 Å². The van der Waals surface area contributed by atoms with Gasteiger partial charge in [-0.3, -0.25) is 4.79 Å². The summed E-state index contributed by atoms with van der Waals surface area (Å²) >= 11 is 0. The first kappa shape index (κ1) is 16.4. The molecule has 8 nitrogen and oxygen atoms in total. The van der Waals surface area contributed by atoms with Gasteiger partial charge in [0.2, 0.25) is 5.88 Å². The van der Waals surface area contributed by atoms with Crippen LogP contribution in [0.5, 0.6) is 11.6 Å². The molecule has 128 valence electrons. The van der Waals surface area contributed by atoms with Crippen molar-refractivity contribution in [3.63, 3.8) is 0 Å². The Morgan fingerprint density at radius 3 is 2.60 bits per heavy atom. The molecule has 2 heterocycles. The first-order valence-electron chi connectivity index (χ1n) is 7.59. The summed E-state index contributed by atoms with van der Waals surface area (Å²) in [5.74, 6) is 1.39. The topological polar surface area (TPSA) is 122 Å². The molecule has 3 aromatic rings. The number of carbonyl (C=O) groups is 1. The van der Waals surface area contributed by atoms with E-state index in [1.165, 1.54) is 10.9 Å². The Balaban J connectivity index is 2.01. The second kappa shape index (κ2) is 6.23. The fourth-order valence-electron chi connectivity index (χ4n) is 2.35. The molecular weight excluding hydrogens is 320 g/mol. The van der Waals surface area contributed by atoms with Crippen molar-refractivity contribution >= 4 is 11.7 Å². The highest BCUT2D eigenvalue weighted by Crippen LogP contribution is 2.26. The van der Waals surface area contributed by atoms with Gasteiger partial charge in [-0.1, -0.05) is 12.1 Å². The molecule has 3 rings (SSSR count). The molecule has 0 bridgehead atoms. The van der Waals surface area contributed by atoms with Crippen molar-refractivity contribution in [3.05, 3.63) is 53.0 Å². The predicted molar refractivity (Wildman–Crippen MR) is 92.8 cm³/mol. The Bertz CT molecular complexity index is 964. The van der Waals surface area contributed by atoms with Crippen molar-refractivity contribution in [2.24, 2.45) is 5.73 Å². The number of hydrogen-bond donors (Lipinski definition) is 2. The summed E-state index contributed by atoms with van der Waals surface area (Å²) in [4.78, 5) is 19.9. The number of aryl methyl sites for hydroxylation is 3. The summed E-state index contributed by atoms with van der Waals surface area (Å²) in [6.07, 6.45) is 1.31. The molecule has 1 amide bonds. The Hall–Kier alpha value is -3.42. The molecular formula is C17H18N6O2. The fourth-order valence-corrected chi connectivity index (χ4v) is 2.35. The minimum absolute atomic E-state index is 0.114. The van der Waals surface area contributed by atoms with Gasteiger partial charge in [0.25, 0.3) is 5.91 Å². The lowest BCUT2D eigenvalue weighted by Gasteiger charge is -2.11. The van der Waals surface area contributed by atoms with Crippen molar-refractivity contribution in [1.82, 2.24) is 19.7 Å². The van der Waals surface area contributed by atoms with E-state index >= 15 is 0 Å². The number of benzene rings is 1. The molecule has 0 unspecified atom stereocenters. The number of nitrogens with zero attached hydrogens (tertiary/aromatic N) is 4.